The minimum absolute atomic E-state index is 0.0400. The summed E-state index contributed by atoms with van der Waals surface area (Å²) >= 11 is 1.39. The van der Waals surface area contributed by atoms with Crippen LogP contribution in [-0.2, 0) is 21.2 Å². The molecule has 0 bridgehead atoms. The predicted octanol–water partition coefficient (Wildman–Crippen LogP) is 2.33. The number of carbonyl (C=O) groups is 1. The first-order valence-corrected chi connectivity index (χ1v) is 12.9. The number of amides is 1. The van der Waals surface area contributed by atoms with Gasteiger partial charge >= 0.3 is 0 Å². The van der Waals surface area contributed by atoms with Crippen molar-refractivity contribution in [2.45, 2.75) is 49.8 Å². The minimum atomic E-state index is -3.02. The largest absolute Gasteiger partial charge is 0.338 e. The molecule has 9 heteroatoms. The van der Waals surface area contributed by atoms with Crippen LogP contribution in [0.15, 0.2) is 35.5 Å². The Bertz CT molecular complexity index is 971. The Morgan fingerprint density at radius 1 is 1.21 bits per heavy atom. The zero-order valence-electron chi connectivity index (χ0n) is 16.5. The van der Waals surface area contributed by atoms with E-state index in [0.717, 1.165) is 23.8 Å². The van der Waals surface area contributed by atoms with Crippen LogP contribution in [0, 0.1) is 0 Å². The smallest absolute Gasteiger partial charge is 0.233 e. The van der Waals surface area contributed by atoms with Crippen molar-refractivity contribution in [2.24, 2.45) is 0 Å². The highest BCUT2D eigenvalue weighted by Gasteiger charge is 2.34. The zero-order chi connectivity index (χ0) is 20.4. The van der Waals surface area contributed by atoms with Gasteiger partial charge in [0.2, 0.25) is 5.91 Å². The van der Waals surface area contributed by atoms with Crippen molar-refractivity contribution in [1.82, 2.24) is 19.7 Å². The van der Waals surface area contributed by atoms with Gasteiger partial charge in [-0.15, -0.1) is 10.2 Å². The summed E-state index contributed by atoms with van der Waals surface area (Å²) in [5, 5.41) is 9.51. The summed E-state index contributed by atoms with van der Waals surface area (Å²) in [5.74, 6) is 1.91. The Morgan fingerprint density at radius 2 is 1.97 bits per heavy atom. The molecule has 4 rings (SSSR count). The summed E-state index contributed by atoms with van der Waals surface area (Å²) in [4.78, 5) is 14.5. The Balaban J connectivity index is 1.45. The Hall–Kier alpha value is -1.87. The third kappa shape index (κ3) is 4.83. The number of benzene rings is 1. The van der Waals surface area contributed by atoms with Crippen LogP contribution >= 0.6 is 11.8 Å². The van der Waals surface area contributed by atoms with E-state index >= 15 is 0 Å². The molecular formula is C20H26N4O3S2. The van der Waals surface area contributed by atoms with Gasteiger partial charge in [0, 0.05) is 18.5 Å². The molecule has 1 aliphatic carbocycles. The lowest BCUT2D eigenvalue weighted by atomic mass is 10.2. The molecule has 1 aromatic carbocycles. The number of rotatable bonds is 8. The molecule has 1 aliphatic heterocycles. The van der Waals surface area contributed by atoms with E-state index in [1.54, 1.807) is 4.90 Å². The second kappa shape index (κ2) is 8.47. The maximum atomic E-state index is 12.8. The van der Waals surface area contributed by atoms with Gasteiger partial charge in [0.05, 0.1) is 23.8 Å². The molecule has 2 fully saturated rings. The van der Waals surface area contributed by atoms with Crippen molar-refractivity contribution in [2.75, 3.05) is 23.8 Å². The monoisotopic (exact) mass is 434 g/mol. The molecule has 1 aromatic heterocycles. The number of sulfone groups is 1. The molecule has 0 spiro atoms. The normalized spacial score (nSPS) is 20.7. The first-order valence-electron chi connectivity index (χ1n) is 10.1. The standard InChI is InChI=1S/C20H26N4O3S2/c1-2-23(17-10-11-29(26,27)14-17)18(25)13-28-20-22-21-19(16-8-9-16)24(20)12-15-6-4-3-5-7-15/h3-7,16-17H,2,8-14H2,1H3. The van der Waals surface area contributed by atoms with E-state index in [9.17, 15) is 13.2 Å². The van der Waals surface area contributed by atoms with E-state index in [4.69, 9.17) is 0 Å². The molecule has 0 radical (unpaired) electrons. The molecule has 156 valence electrons. The lowest BCUT2D eigenvalue weighted by Gasteiger charge is -2.26. The topological polar surface area (TPSA) is 85.2 Å². The van der Waals surface area contributed by atoms with Crippen molar-refractivity contribution in [3.8, 4) is 0 Å². The molecule has 2 aromatic rings. The number of thioether (sulfide) groups is 1. The molecule has 2 aliphatic rings. The van der Waals surface area contributed by atoms with Gasteiger partial charge in [-0.2, -0.15) is 0 Å². The summed E-state index contributed by atoms with van der Waals surface area (Å²) < 4.78 is 25.7. The SMILES string of the molecule is CCN(C(=O)CSc1nnc(C2CC2)n1Cc1ccccc1)C1CCS(=O)(=O)C1. The van der Waals surface area contributed by atoms with Crippen LogP contribution in [0.2, 0.25) is 0 Å². The molecule has 2 heterocycles. The molecule has 1 saturated heterocycles. The van der Waals surface area contributed by atoms with Gasteiger partial charge in [-0.25, -0.2) is 8.42 Å². The van der Waals surface area contributed by atoms with Crippen molar-refractivity contribution in [1.29, 1.82) is 0 Å². The van der Waals surface area contributed by atoms with Crippen molar-refractivity contribution in [3.63, 3.8) is 0 Å². The molecule has 0 N–H and O–H groups in total. The molecule has 1 amide bonds. The van der Waals surface area contributed by atoms with Gasteiger partial charge in [0.1, 0.15) is 5.82 Å². The second-order valence-electron chi connectivity index (χ2n) is 7.71. The van der Waals surface area contributed by atoms with Crippen molar-refractivity contribution < 1.29 is 13.2 Å². The van der Waals surface area contributed by atoms with Crippen molar-refractivity contribution >= 4 is 27.5 Å². The molecular weight excluding hydrogens is 408 g/mol. The third-order valence-corrected chi connectivity index (χ3v) is 8.21. The fourth-order valence-corrected chi connectivity index (χ4v) is 6.40. The molecule has 1 saturated carbocycles. The number of hydrogen-bond acceptors (Lipinski definition) is 6. The van der Waals surface area contributed by atoms with Gasteiger partial charge in [0.25, 0.3) is 0 Å². The maximum Gasteiger partial charge on any atom is 0.233 e. The summed E-state index contributed by atoms with van der Waals surface area (Å²) in [5.41, 5.74) is 1.17. The summed E-state index contributed by atoms with van der Waals surface area (Å²) in [7, 11) is -3.02. The highest BCUT2D eigenvalue weighted by Crippen LogP contribution is 2.40. The number of hydrogen-bond donors (Lipinski definition) is 0. The molecule has 29 heavy (non-hydrogen) atoms. The van der Waals surface area contributed by atoms with Crippen LogP contribution in [0.5, 0.6) is 0 Å². The van der Waals surface area contributed by atoms with E-state index in [2.05, 4.69) is 26.9 Å². The average Bonchev–Trinajstić information content (AvgIpc) is 3.38. The predicted molar refractivity (Wildman–Crippen MR) is 113 cm³/mol. The van der Waals surface area contributed by atoms with Gasteiger partial charge in [-0.05, 0) is 31.7 Å². The van der Waals surface area contributed by atoms with Gasteiger partial charge < -0.3 is 9.47 Å². The van der Waals surface area contributed by atoms with Crippen LogP contribution in [0.25, 0.3) is 0 Å². The van der Waals surface area contributed by atoms with Crippen molar-refractivity contribution in [3.05, 3.63) is 41.7 Å². The quantitative estimate of drug-likeness (QED) is 0.593. The summed E-state index contributed by atoms with van der Waals surface area (Å²) in [6, 6.07) is 9.98. The van der Waals surface area contributed by atoms with E-state index in [0.29, 0.717) is 25.4 Å². The molecule has 7 nitrogen and oxygen atoms in total. The maximum absolute atomic E-state index is 12.8. The first-order chi connectivity index (χ1) is 14.0. The van der Waals surface area contributed by atoms with E-state index in [1.165, 1.54) is 17.3 Å². The van der Waals surface area contributed by atoms with Crippen LogP contribution < -0.4 is 0 Å². The van der Waals surface area contributed by atoms with Crippen LogP contribution in [0.4, 0.5) is 0 Å². The van der Waals surface area contributed by atoms with Gasteiger partial charge in [-0.1, -0.05) is 42.1 Å². The van der Waals surface area contributed by atoms with E-state index in [1.807, 2.05) is 25.1 Å². The highest BCUT2D eigenvalue weighted by molar-refractivity contribution is 7.99. The summed E-state index contributed by atoms with van der Waals surface area (Å²) in [6.07, 6.45) is 2.80. The Morgan fingerprint density at radius 3 is 2.59 bits per heavy atom. The van der Waals surface area contributed by atoms with E-state index in [-0.39, 0.29) is 29.2 Å². The van der Waals surface area contributed by atoms with Gasteiger partial charge in [-0.3, -0.25) is 4.79 Å². The van der Waals surface area contributed by atoms with Crippen LogP contribution in [0.1, 0.15) is 43.5 Å². The lowest BCUT2D eigenvalue weighted by Crippen LogP contribution is -2.42. The van der Waals surface area contributed by atoms with Crippen LogP contribution in [0.3, 0.4) is 0 Å². The lowest BCUT2D eigenvalue weighted by molar-refractivity contribution is -0.129. The molecule has 1 atom stereocenters. The highest BCUT2D eigenvalue weighted by atomic mass is 32.2. The zero-order valence-corrected chi connectivity index (χ0v) is 18.2. The third-order valence-electron chi connectivity index (χ3n) is 5.51. The minimum Gasteiger partial charge on any atom is -0.338 e. The van der Waals surface area contributed by atoms with Gasteiger partial charge in [0.15, 0.2) is 15.0 Å². The van der Waals surface area contributed by atoms with Crippen LogP contribution in [-0.4, -0.2) is 63.8 Å². The fraction of sp³-hybridized carbons (Fsp3) is 0.550. The number of aromatic nitrogens is 3. The molecule has 1 unspecified atom stereocenters. The number of carbonyl (C=O) groups excluding carboxylic acids is 1. The summed E-state index contributed by atoms with van der Waals surface area (Å²) in [6.45, 7) is 3.11. The number of nitrogens with zero attached hydrogens (tertiary/aromatic N) is 4. The average molecular weight is 435 g/mol. The fourth-order valence-electron chi connectivity index (χ4n) is 3.83. The Labute approximate surface area is 175 Å². The Kier molecular flexibility index (Phi) is 5.96. The second-order valence-corrected chi connectivity index (χ2v) is 10.9. The van der Waals surface area contributed by atoms with E-state index < -0.39 is 9.84 Å². The first kappa shape index (κ1) is 20.4.